The van der Waals surface area contributed by atoms with Gasteiger partial charge in [0.1, 0.15) is 6.61 Å². The van der Waals surface area contributed by atoms with Gasteiger partial charge in [-0.1, -0.05) is 11.8 Å². The molecular formula is C17H24N2O2. The van der Waals surface area contributed by atoms with Crippen molar-refractivity contribution in [1.82, 2.24) is 9.80 Å². The third kappa shape index (κ3) is 5.99. The minimum Gasteiger partial charge on any atom is -0.384 e. The van der Waals surface area contributed by atoms with E-state index in [1.165, 1.54) is 0 Å². The Morgan fingerprint density at radius 1 is 1.19 bits per heavy atom. The highest BCUT2D eigenvalue weighted by molar-refractivity contribution is 5.94. The number of benzene rings is 1. The molecule has 0 aliphatic heterocycles. The van der Waals surface area contributed by atoms with Crippen LogP contribution in [0.15, 0.2) is 18.2 Å². The largest absolute Gasteiger partial charge is 0.384 e. The molecule has 21 heavy (non-hydrogen) atoms. The van der Waals surface area contributed by atoms with Gasteiger partial charge in [0.25, 0.3) is 5.91 Å². The first-order valence-electron chi connectivity index (χ1n) is 7.05. The van der Waals surface area contributed by atoms with Crippen LogP contribution in [0.3, 0.4) is 0 Å². The van der Waals surface area contributed by atoms with E-state index in [-0.39, 0.29) is 12.5 Å². The molecule has 0 heterocycles. The molecule has 0 aromatic heterocycles. The summed E-state index contributed by atoms with van der Waals surface area (Å²) >= 11 is 0. The zero-order chi connectivity index (χ0) is 15.8. The highest BCUT2D eigenvalue weighted by Crippen LogP contribution is 2.11. The first kappa shape index (κ1) is 17.2. The van der Waals surface area contributed by atoms with Crippen LogP contribution in [0.5, 0.6) is 0 Å². The molecule has 0 spiro atoms. The first-order chi connectivity index (χ1) is 9.93. The Balaban J connectivity index is 2.79. The third-order valence-corrected chi connectivity index (χ3v) is 3.08. The lowest BCUT2D eigenvalue weighted by Gasteiger charge is -2.19. The molecule has 0 fully saturated rings. The second-order valence-corrected chi connectivity index (χ2v) is 5.43. The fourth-order valence-electron chi connectivity index (χ4n) is 2.07. The molecule has 114 valence electrons. The van der Waals surface area contributed by atoms with Gasteiger partial charge in [0.15, 0.2) is 0 Å². The maximum absolute atomic E-state index is 12.4. The molecule has 0 aliphatic rings. The second-order valence-electron chi connectivity index (χ2n) is 5.43. The van der Waals surface area contributed by atoms with Gasteiger partial charge in [-0.15, -0.1) is 0 Å². The van der Waals surface area contributed by atoms with E-state index in [1.807, 2.05) is 40.2 Å². The maximum atomic E-state index is 12.4. The van der Waals surface area contributed by atoms with Gasteiger partial charge < -0.3 is 14.9 Å². The summed E-state index contributed by atoms with van der Waals surface area (Å²) in [5.41, 5.74) is 2.39. The number of aryl methyl sites for hydroxylation is 1. The summed E-state index contributed by atoms with van der Waals surface area (Å²) in [6.07, 6.45) is 0.943. The SMILES string of the molecule is Cc1cc(C#CCO)cc(C(=O)N(C)CCCN(C)C)c1. The molecular weight excluding hydrogens is 264 g/mol. The number of hydrogen-bond acceptors (Lipinski definition) is 3. The van der Waals surface area contributed by atoms with Crippen LogP contribution in [-0.2, 0) is 0 Å². The predicted molar refractivity (Wildman–Crippen MR) is 85.3 cm³/mol. The molecule has 1 N–H and O–H groups in total. The molecule has 1 amide bonds. The Morgan fingerprint density at radius 2 is 1.90 bits per heavy atom. The van der Waals surface area contributed by atoms with Crippen LogP contribution < -0.4 is 0 Å². The van der Waals surface area contributed by atoms with E-state index in [2.05, 4.69) is 16.7 Å². The Kier molecular flexibility index (Phi) is 6.93. The van der Waals surface area contributed by atoms with E-state index in [9.17, 15) is 4.79 Å². The monoisotopic (exact) mass is 288 g/mol. The first-order valence-corrected chi connectivity index (χ1v) is 7.05. The van der Waals surface area contributed by atoms with Crippen molar-refractivity contribution in [2.45, 2.75) is 13.3 Å². The topological polar surface area (TPSA) is 43.8 Å². The Labute approximate surface area is 127 Å². The summed E-state index contributed by atoms with van der Waals surface area (Å²) in [5.74, 6) is 5.46. The van der Waals surface area contributed by atoms with Gasteiger partial charge in [-0.3, -0.25) is 4.79 Å². The molecule has 0 saturated heterocycles. The highest BCUT2D eigenvalue weighted by atomic mass is 16.2. The lowest BCUT2D eigenvalue weighted by molar-refractivity contribution is 0.0790. The molecule has 1 rings (SSSR count). The minimum atomic E-state index is -0.179. The van der Waals surface area contributed by atoms with Gasteiger partial charge in [0.2, 0.25) is 0 Å². The van der Waals surface area contributed by atoms with E-state index in [1.54, 1.807) is 11.0 Å². The molecule has 4 heteroatoms. The zero-order valence-corrected chi connectivity index (χ0v) is 13.3. The van der Waals surface area contributed by atoms with Crippen molar-refractivity contribution in [3.63, 3.8) is 0 Å². The van der Waals surface area contributed by atoms with Crippen molar-refractivity contribution in [3.05, 3.63) is 34.9 Å². The summed E-state index contributed by atoms with van der Waals surface area (Å²) < 4.78 is 0. The normalized spacial score (nSPS) is 10.2. The van der Waals surface area contributed by atoms with Crippen LogP contribution in [-0.4, -0.2) is 61.7 Å². The highest BCUT2D eigenvalue weighted by Gasteiger charge is 2.12. The van der Waals surface area contributed by atoms with Crippen LogP contribution in [0.4, 0.5) is 0 Å². The molecule has 0 atom stereocenters. The number of carbonyl (C=O) groups is 1. The third-order valence-electron chi connectivity index (χ3n) is 3.08. The molecule has 1 aromatic carbocycles. The van der Waals surface area contributed by atoms with Crippen molar-refractivity contribution in [2.75, 3.05) is 40.8 Å². The number of aliphatic hydroxyl groups excluding tert-OH is 1. The fourth-order valence-corrected chi connectivity index (χ4v) is 2.07. The fraction of sp³-hybridized carbons (Fsp3) is 0.471. The van der Waals surface area contributed by atoms with E-state index < -0.39 is 0 Å². The van der Waals surface area contributed by atoms with Gasteiger partial charge in [0.05, 0.1) is 0 Å². The van der Waals surface area contributed by atoms with E-state index in [4.69, 9.17) is 5.11 Å². The lowest BCUT2D eigenvalue weighted by atomic mass is 10.1. The number of rotatable bonds is 5. The summed E-state index contributed by atoms with van der Waals surface area (Å²) in [4.78, 5) is 16.3. The Morgan fingerprint density at radius 3 is 2.52 bits per heavy atom. The van der Waals surface area contributed by atoms with E-state index >= 15 is 0 Å². The summed E-state index contributed by atoms with van der Waals surface area (Å²) in [5, 5.41) is 8.75. The smallest absolute Gasteiger partial charge is 0.253 e. The molecule has 0 aliphatic carbocycles. The van der Waals surface area contributed by atoms with Crippen molar-refractivity contribution in [3.8, 4) is 11.8 Å². The molecule has 0 radical (unpaired) electrons. The van der Waals surface area contributed by atoms with Crippen molar-refractivity contribution in [2.24, 2.45) is 0 Å². The summed E-state index contributed by atoms with van der Waals surface area (Å²) in [6.45, 7) is 3.44. The number of amides is 1. The molecule has 4 nitrogen and oxygen atoms in total. The van der Waals surface area contributed by atoms with Crippen LogP contribution in [0.2, 0.25) is 0 Å². The van der Waals surface area contributed by atoms with Crippen LogP contribution in [0.25, 0.3) is 0 Å². The number of carbonyl (C=O) groups excluding carboxylic acids is 1. The summed E-state index contributed by atoms with van der Waals surface area (Å²) in [7, 11) is 5.86. The van der Waals surface area contributed by atoms with E-state index in [0.29, 0.717) is 5.56 Å². The van der Waals surface area contributed by atoms with Crippen molar-refractivity contribution in [1.29, 1.82) is 0 Å². The van der Waals surface area contributed by atoms with Crippen LogP contribution in [0.1, 0.15) is 27.9 Å². The average molecular weight is 288 g/mol. The standard InChI is InChI=1S/C17H24N2O2/c1-14-11-15(7-5-10-20)13-16(12-14)17(21)19(4)9-6-8-18(2)3/h11-13,20H,6,8-10H2,1-4H3. The van der Waals surface area contributed by atoms with Gasteiger partial charge in [-0.2, -0.15) is 0 Å². The zero-order valence-electron chi connectivity index (χ0n) is 13.3. The van der Waals surface area contributed by atoms with Gasteiger partial charge in [-0.25, -0.2) is 0 Å². The maximum Gasteiger partial charge on any atom is 0.253 e. The Hall–Kier alpha value is -1.83. The van der Waals surface area contributed by atoms with Crippen molar-refractivity contribution >= 4 is 5.91 Å². The second kappa shape index (κ2) is 8.46. The van der Waals surface area contributed by atoms with Crippen LogP contribution in [0, 0.1) is 18.8 Å². The molecule has 0 bridgehead atoms. The van der Waals surface area contributed by atoms with Gasteiger partial charge >= 0.3 is 0 Å². The molecule has 0 unspecified atom stereocenters. The predicted octanol–water partition coefficient (Wildman–Crippen LogP) is 1.36. The summed E-state index contributed by atoms with van der Waals surface area (Å²) in [6, 6.07) is 5.56. The lowest BCUT2D eigenvalue weighted by Crippen LogP contribution is -2.29. The number of hydrogen-bond donors (Lipinski definition) is 1. The minimum absolute atomic E-state index is 0.00417. The van der Waals surface area contributed by atoms with Crippen molar-refractivity contribution < 1.29 is 9.90 Å². The number of aliphatic hydroxyl groups is 1. The van der Waals surface area contributed by atoms with Gasteiger partial charge in [0, 0.05) is 24.7 Å². The van der Waals surface area contributed by atoms with E-state index in [0.717, 1.165) is 30.6 Å². The van der Waals surface area contributed by atoms with Gasteiger partial charge in [-0.05, 0) is 57.7 Å². The number of nitrogens with zero attached hydrogens (tertiary/aromatic N) is 2. The Bertz CT molecular complexity index is 541. The quantitative estimate of drug-likeness (QED) is 0.832. The molecule has 0 saturated carbocycles. The average Bonchev–Trinajstić information content (AvgIpc) is 2.43. The molecule has 1 aromatic rings. The van der Waals surface area contributed by atoms with Crippen LogP contribution >= 0.6 is 0 Å².